The third-order valence-electron chi connectivity index (χ3n) is 4.19. The number of morpholine rings is 1. The molecular formula is C19H23NO. The first-order chi connectivity index (χ1) is 10.4. The van der Waals surface area contributed by atoms with Crippen LogP contribution in [0.1, 0.15) is 11.1 Å². The van der Waals surface area contributed by atoms with E-state index >= 15 is 0 Å². The van der Waals surface area contributed by atoms with E-state index in [2.05, 4.69) is 65.6 Å². The first-order valence-corrected chi connectivity index (χ1v) is 7.81. The average molecular weight is 281 g/mol. The highest BCUT2D eigenvalue weighted by molar-refractivity contribution is 5.19. The standard InChI is InChI=1S/C19H23NO/c1-3-7-17(8-4-1)15-19(20-11-13-21-14-12-20)16-18-9-5-2-6-10-18/h1-10,19H,11-16H2. The van der Waals surface area contributed by atoms with Crippen molar-refractivity contribution in [2.45, 2.75) is 18.9 Å². The Morgan fingerprint density at radius 2 is 1.24 bits per heavy atom. The molecule has 2 aromatic rings. The molecule has 0 aromatic heterocycles. The van der Waals surface area contributed by atoms with E-state index in [0.717, 1.165) is 39.1 Å². The molecule has 0 saturated carbocycles. The van der Waals surface area contributed by atoms with Crippen LogP contribution in [-0.4, -0.2) is 37.2 Å². The second kappa shape index (κ2) is 7.39. The van der Waals surface area contributed by atoms with Gasteiger partial charge in [-0.05, 0) is 24.0 Å². The van der Waals surface area contributed by atoms with Gasteiger partial charge in [0.2, 0.25) is 0 Å². The van der Waals surface area contributed by atoms with Gasteiger partial charge >= 0.3 is 0 Å². The van der Waals surface area contributed by atoms with Crippen molar-refractivity contribution in [2.24, 2.45) is 0 Å². The van der Waals surface area contributed by atoms with Gasteiger partial charge in [0, 0.05) is 19.1 Å². The second-order valence-electron chi connectivity index (χ2n) is 5.68. The minimum absolute atomic E-state index is 0.554. The molecule has 21 heavy (non-hydrogen) atoms. The molecular weight excluding hydrogens is 258 g/mol. The van der Waals surface area contributed by atoms with E-state index in [4.69, 9.17) is 4.74 Å². The molecule has 0 spiro atoms. The maximum absolute atomic E-state index is 5.51. The van der Waals surface area contributed by atoms with Gasteiger partial charge in [0.1, 0.15) is 0 Å². The quantitative estimate of drug-likeness (QED) is 0.834. The monoisotopic (exact) mass is 281 g/mol. The predicted octanol–water partition coefficient (Wildman–Crippen LogP) is 3.17. The summed E-state index contributed by atoms with van der Waals surface area (Å²) in [6, 6.07) is 22.2. The lowest BCUT2D eigenvalue weighted by molar-refractivity contribution is 0.0166. The lowest BCUT2D eigenvalue weighted by Crippen LogP contribution is -2.45. The summed E-state index contributed by atoms with van der Waals surface area (Å²) >= 11 is 0. The molecule has 3 rings (SSSR count). The van der Waals surface area contributed by atoms with Crippen molar-refractivity contribution < 1.29 is 4.74 Å². The summed E-state index contributed by atoms with van der Waals surface area (Å²) in [4.78, 5) is 2.59. The normalized spacial score (nSPS) is 16.2. The lowest BCUT2D eigenvalue weighted by Gasteiger charge is -2.35. The summed E-state index contributed by atoms with van der Waals surface area (Å²) in [6.07, 6.45) is 2.21. The molecule has 2 aromatic carbocycles. The van der Waals surface area contributed by atoms with Crippen LogP contribution in [0, 0.1) is 0 Å². The Morgan fingerprint density at radius 3 is 1.71 bits per heavy atom. The summed E-state index contributed by atoms with van der Waals surface area (Å²) in [5.41, 5.74) is 2.84. The Morgan fingerprint density at radius 1 is 0.762 bits per heavy atom. The fraction of sp³-hybridized carbons (Fsp3) is 0.368. The maximum atomic E-state index is 5.51. The van der Waals surface area contributed by atoms with Gasteiger partial charge in [0.25, 0.3) is 0 Å². The topological polar surface area (TPSA) is 12.5 Å². The predicted molar refractivity (Wildman–Crippen MR) is 86.5 cm³/mol. The van der Waals surface area contributed by atoms with Crippen LogP contribution >= 0.6 is 0 Å². The minimum atomic E-state index is 0.554. The molecule has 1 fully saturated rings. The maximum Gasteiger partial charge on any atom is 0.0594 e. The highest BCUT2D eigenvalue weighted by Crippen LogP contribution is 2.16. The van der Waals surface area contributed by atoms with Gasteiger partial charge in [-0.25, -0.2) is 0 Å². The van der Waals surface area contributed by atoms with Crippen LogP contribution in [0.5, 0.6) is 0 Å². The molecule has 1 aliphatic heterocycles. The second-order valence-corrected chi connectivity index (χ2v) is 5.68. The van der Waals surface area contributed by atoms with Gasteiger partial charge in [-0.15, -0.1) is 0 Å². The third-order valence-corrected chi connectivity index (χ3v) is 4.19. The van der Waals surface area contributed by atoms with Crippen LogP contribution in [0.15, 0.2) is 60.7 Å². The Bertz CT molecular complexity index is 478. The fourth-order valence-electron chi connectivity index (χ4n) is 3.05. The van der Waals surface area contributed by atoms with Crippen LogP contribution in [-0.2, 0) is 17.6 Å². The smallest absolute Gasteiger partial charge is 0.0594 e. The van der Waals surface area contributed by atoms with E-state index in [-0.39, 0.29) is 0 Å². The van der Waals surface area contributed by atoms with E-state index in [0.29, 0.717) is 6.04 Å². The van der Waals surface area contributed by atoms with Crippen molar-refractivity contribution in [3.8, 4) is 0 Å². The van der Waals surface area contributed by atoms with E-state index in [1.165, 1.54) is 11.1 Å². The van der Waals surface area contributed by atoms with E-state index < -0.39 is 0 Å². The minimum Gasteiger partial charge on any atom is -0.379 e. The van der Waals surface area contributed by atoms with Gasteiger partial charge in [-0.2, -0.15) is 0 Å². The van der Waals surface area contributed by atoms with Crippen molar-refractivity contribution in [1.82, 2.24) is 4.90 Å². The SMILES string of the molecule is c1ccc(CC(Cc2ccccc2)N2CCOCC2)cc1. The number of hydrogen-bond donors (Lipinski definition) is 0. The van der Waals surface area contributed by atoms with Crippen LogP contribution in [0.3, 0.4) is 0 Å². The average Bonchev–Trinajstić information content (AvgIpc) is 2.57. The lowest BCUT2D eigenvalue weighted by atomic mass is 9.97. The summed E-state index contributed by atoms with van der Waals surface area (Å²) in [7, 11) is 0. The van der Waals surface area contributed by atoms with Crippen LogP contribution in [0.2, 0.25) is 0 Å². The van der Waals surface area contributed by atoms with Crippen molar-refractivity contribution in [3.05, 3.63) is 71.8 Å². The number of rotatable bonds is 5. The van der Waals surface area contributed by atoms with Gasteiger partial charge in [0.15, 0.2) is 0 Å². The van der Waals surface area contributed by atoms with Crippen LogP contribution in [0.25, 0.3) is 0 Å². The molecule has 0 unspecified atom stereocenters. The number of nitrogens with zero attached hydrogens (tertiary/aromatic N) is 1. The molecule has 1 saturated heterocycles. The molecule has 0 amide bonds. The first-order valence-electron chi connectivity index (χ1n) is 7.81. The fourth-order valence-corrected chi connectivity index (χ4v) is 3.05. The van der Waals surface area contributed by atoms with Crippen molar-refractivity contribution in [2.75, 3.05) is 26.3 Å². The van der Waals surface area contributed by atoms with Gasteiger partial charge in [-0.3, -0.25) is 4.90 Å². The molecule has 0 bridgehead atoms. The Balaban J connectivity index is 1.73. The zero-order chi connectivity index (χ0) is 14.3. The van der Waals surface area contributed by atoms with E-state index in [1.807, 2.05) is 0 Å². The molecule has 2 heteroatoms. The van der Waals surface area contributed by atoms with E-state index in [9.17, 15) is 0 Å². The molecule has 1 aliphatic rings. The van der Waals surface area contributed by atoms with Gasteiger partial charge < -0.3 is 4.74 Å². The molecule has 0 atom stereocenters. The molecule has 110 valence electrons. The zero-order valence-electron chi connectivity index (χ0n) is 12.4. The van der Waals surface area contributed by atoms with Crippen molar-refractivity contribution >= 4 is 0 Å². The highest BCUT2D eigenvalue weighted by Gasteiger charge is 2.21. The number of ether oxygens (including phenoxy) is 1. The zero-order valence-corrected chi connectivity index (χ0v) is 12.4. The van der Waals surface area contributed by atoms with Crippen molar-refractivity contribution in [1.29, 1.82) is 0 Å². The van der Waals surface area contributed by atoms with Gasteiger partial charge in [0.05, 0.1) is 13.2 Å². The summed E-state index contributed by atoms with van der Waals surface area (Å²) in [5.74, 6) is 0. The first kappa shape index (κ1) is 14.3. The van der Waals surface area contributed by atoms with E-state index in [1.54, 1.807) is 0 Å². The molecule has 0 N–H and O–H groups in total. The molecule has 1 heterocycles. The molecule has 0 aliphatic carbocycles. The Kier molecular flexibility index (Phi) is 5.03. The van der Waals surface area contributed by atoms with Crippen molar-refractivity contribution in [3.63, 3.8) is 0 Å². The summed E-state index contributed by atoms with van der Waals surface area (Å²) < 4.78 is 5.51. The Hall–Kier alpha value is -1.64. The van der Waals surface area contributed by atoms with Gasteiger partial charge in [-0.1, -0.05) is 60.7 Å². The summed E-state index contributed by atoms with van der Waals surface area (Å²) in [6.45, 7) is 3.81. The van der Waals surface area contributed by atoms with Crippen LogP contribution in [0.4, 0.5) is 0 Å². The number of benzene rings is 2. The Labute approximate surface area is 127 Å². The largest absolute Gasteiger partial charge is 0.379 e. The highest BCUT2D eigenvalue weighted by atomic mass is 16.5. The molecule has 0 radical (unpaired) electrons. The summed E-state index contributed by atoms with van der Waals surface area (Å²) in [5, 5.41) is 0. The molecule has 2 nitrogen and oxygen atoms in total. The third kappa shape index (κ3) is 4.16. The number of hydrogen-bond acceptors (Lipinski definition) is 2. The van der Waals surface area contributed by atoms with Crippen LogP contribution < -0.4 is 0 Å².